The summed E-state index contributed by atoms with van der Waals surface area (Å²) in [4.78, 5) is 6.67. The van der Waals surface area contributed by atoms with Crippen LogP contribution in [0.2, 0.25) is 0 Å². The Balaban J connectivity index is 2.10. The highest BCUT2D eigenvalue weighted by atomic mass is 32.2. The van der Waals surface area contributed by atoms with Crippen LogP contribution in [-0.2, 0) is 4.74 Å². The van der Waals surface area contributed by atoms with Gasteiger partial charge < -0.3 is 9.64 Å². The minimum Gasteiger partial charge on any atom is -0.381 e. The van der Waals surface area contributed by atoms with Crippen LogP contribution in [-0.4, -0.2) is 56.2 Å². The molecule has 5 nitrogen and oxygen atoms in total. The van der Waals surface area contributed by atoms with Crippen LogP contribution in [0.1, 0.15) is 12.8 Å². The Labute approximate surface area is 114 Å². The maximum atomic E-state index is 8.50. The van der Waals surface area contributed by atoms with E-state index in [1.165, 1.54) is 18.2 Å². The monoisotopic (exact) mass is 270 g/mol. The van der Waals surface area contributed by atoms with Crippen LogP contribution in [0.15, 0.2) is 4.99 Å². The molecule has 6 heteroatoms. The maximum absolute atomic E-state index is 8.50. The normalized spacial score (nSPS) is 20.1. The van der Waals surface area contributed by atoms with E-state index in [-0.39, 0.29) is 0 Å². The fourth-order valence-electron chi connectivity index (χ4n) is 1.98. The first-order chi connectivity index (χ1) is 8.76. The van der Waals surface area contributed by atoms with Gasteiger partial charge in [-0.15, -0.1) is 0 Å². The summed E-state index contributed by atoms with van der Waals surface area (Å²) in [5.41, 5.74) is 0. The van der Waals surface area contributed by atoms with Crippen molar-refractivity contribution in [2.45, 2.75) is 12.8 Å². The van der Waals surface area contributed by atoms with E-state index >= 15 is 0 Å². The molecule has 1 fully saturated rings. The first-order valence-corrected chi connectivity index (χ1v) is 7.48. The lowest BCUT2D eigenvalue weighted by molar-refractivity contribution is 0.174. The summed E-state index contributed by atoms with van der Waals surface area (Å²) in [5.74, 6) is 0.695. The number of nitrogens with zero attached hydrogens (tertiary/aromatic N) is 3. The molecular weight excluding hydrogens is 248 g/mol. The van der Waals surface area contributed by atoms with Crippen LogP contribution in [0, 0.1) is 17.4 Å². The molecular formula is C12H22N4OS. The molecule has 0 aromatic heterocycles. The lowest BCUT2D eigenvalue weighted by Crippen LogP contribution is -2.27. The van der Waals surface area contributed by atoms with Gasteiger partial charge in [0.05, 0.1) is 6.61 Å². The van der Waals surface area contributed by atoms with Crippen LogP contribution in [0.25, 0.3) is 0 Å². The van der Waals surface area contributed by atoms with Crippen LogP contribution in [0.4, 0.5) is 0 Å². The van der Waals surface area contributed by atoms with Crippen LogP contribution in [0.3, 0.4) is 0 Å². The van der Waals surface area contributed by atoms with Gasteiger partial charge in [-0.2, -0.15) is 5.26 Å². The lowest BCUT2D eigenvalue weighted by Gasteiger charge is -2.19. The van der Waals surface area contributed by atoms with Gasteiger partial charge in [-0.3, -0.25) is 10.3 Å². The van der Waals surface area contributed by atoms with Gasteiger partial charge in [0.2, 0.25) is 0 Å². The number of amidine groups is 1. The molecule has 1 aliphatic heterocycles. The summed E-state index contributed by atoms with van der Waals surface area (Å²) < 4.78 is 5.37. The van der Waals surface area contributed by atoms with Crippen molar-refractivity contribution < 1.29 is 4.74 Å². The maximum Gasteiger partial charge on any atom is 0.183 e. The third-order valence-corrected chi connectivity index (χ3v) is 3.52. The van der Waals surface area contributed by atoms with Crippen LogP contribution in [0.5, 0.6) is 0 Å². The number of hydrogen-bond acceptors (Lipinski definition) is 5. The Morgan fingerprint density at radius 1 is 1.67 bits per heavy atom. The van der Waals surface area contributed by atoms with Crippen molar-refractivity contribution >= 4 is 16.9 Å². The zero-order valence-electron chi connectivity index (χ0n) is 11.2. The Hall–Kier alpha value is -0.770. The van der Waals surface area contributed by atoms with E-state index in [1.807, 2.05) is 12.4 Å². The number of hydrogen-bond donors (Lipinski definition) is 1. The van der Waals surface area contributed by atoms with Gasteiger partial charge in [0.15, 0.2) is 11.4 Å². The van der Waals surface area contributed by atoms with Gasteiger partial charge in [-0.05, 0) is 38.6 Å². The van der Waals surface area contributed by atoms with E-state index in [1.54, 1.807) is 0 Å². The average Bonchev–Trinajstić information content (AvgIpc) is 2.85. The summed E-state index contributed by atoms with van der Waals surface area (Å²) in [6, 6.07) is 0. The van der Waals surface area contributed by atoms with E-state index in [9.17, 15) is 0 Å². The van der Waals surface area contributed by atoms with E-state index in [0.717, 1.165) is 39.3 Å². The lowest BCUT2D eigenvalue weighted by atomic mass is 10.1. The second-order valence-corrected chi connectivity index (χ2v) is 5.27. The molecule has 0 aromatic carbocycles. The number of rotatable bonds is 6. The largest absolute Gasteiger partial charge is 0.381 e. The molecule has 1 heterocycles. The second-order valence-electron chi connectivity index (χ2n) is 4.47. The van der Waals surface area contributed by atoms with Gasteiger partial charge in [0, 0.05) is 19.7 Å². The molecule has 1 N–H and O–H groups in total. The van der Waals surface area contributed by atoms with Crippen molar-refractivity contribution in [1.82, 2.24) is 10.2 Å². The number of thioether (sulfide) groups is 1. The molecule has 0 saturated carbocycles. The summed E-state index contributed by atoms with van der Waals surface area (Å²) >= 11 is 1.47. The highest BCUT2D eigenvalue weighted by Gasteiger charge is 2.16. The molecule has 0 radical (unpaired) electrons. The molecule has 1 aliphatic rings. The Morgan fingerprint density at radius 2 is 2.50 bits per heavy atom. The first kappa shape index (κ1) is 15.3. The molecule has 102 valence electrons. The molecule has 0 aliphatic carbocycles. The fourth-order valence-corrected chi connectivity index (χ4v) is 2.35. The zero-order valence-corrected chi connectivity index (χ0v) is 12.0. The van der Waals surface area contributed by atoms with Gasteiger partial charge in [-0.25, -0.2) is 0 Å². The predicted octanol–water partition coefficient (Wildman–Crippen LogP) is 1.13. The van der Waals surface area contributed by atoms with Gasteiger partial charge >= 0.3 is 0 Å². The van der Waals surface area contributed by atoms with E-state index in [0.29, 0.717) is 11.1 Å². The Kier molecular flexibility index (Phi) is 7.81. The summed E-state index contributed by atoms with van der Waals surface area (Å²) in [7, 11) is 2.14. The third kappa shape index (κ3) is 6.24. The van der Waals surface area contributed by atoms with E-state index < -0.39 is 0 Å². The number of nitrogens with one attached hydrogen (secondary N) is 1. The van der Waals surface area contributed by atoms with Gasteiger partial charge in [0.25, 0.3) is 0 Å². The molecule has 1 saturated heterocycles. The molecule has 0 spiro atoms. The SMILES string of the molecule is CSC(=NCCCN(C)CC1CCOC1)NC#N. The minimum absolute atomic E-state index is 0.695. The summed E-state index contributed by atoms with van der Waals surface area (Å²) in [5, 5.41) is 11.8. The van der Waals surface area contributed by atoms with Crippen molar-refractivity contribution in [2.24, 2.45) is 10.9 Å². The molecule has 1 unspecified atom stereocenters. The van der Waals surface area contributed by atoms with Crippen LogP contribution < -0.4 is 5.32 Å². The highest BCUT2D eigenvalue weighted by Crippen LogP contribution is 2.13. The molecule has 18 heavy (non-hydrogen) atoms. The van der Waals surface area contributed by atoms with Gasteiger partial charge in [0.1, 0.15) is 0 Å². The van der Waals surface area contributed by atoms with Crippen molar-refractivity contribution in [3.63, 3.8) is 0 Å². The predicted molar refractivity (Wildman–Crippen MR) is 75.6 cm³/mol. The Morgan fingerprint density at radius 3 is 3.11 bits per heavy atom. The van der Waals surface area contributed by atoms with Crippen molar-refractivity contribution in [3.05, 3.63) is 0 Å². The summed E-state index contributed by atoms with van der Waals surface area (Å²) in [6.07, 6.45) is 6.00. The fraction of sp³-hybridized carbons (Fsp3) is 0.833. The van der Waals surface area contributed by atoms with E-state index in [2.05, 4.69) is 22.3 Å². The smallest absolute Gasteiger partial charge is 0.183 e. The van der Waals surface area contributed by atoms with E-state index in [4.69, 9.17) is 10.00 Å². The molecule has 0 amide bonds. The topological polar surface area (TPSA) is 60.6 Å². The van der Waals surface area contributed by atoms with Crippen LogP contribution >= 0.6 is 11.8 Å². The molecule has 1 rings (SSSR count). The standard InChI is InChI=1S/C12H22N4OS/c1-16(8-11-4-7-17-9-11)6-3-5-14-12(18-2)15-10-13/h11H,3-9H2,1-2H3,(H,14,15). The minimum atomic E-state index is 0.695. The highest BCUT2D eigenvalue weighted by molar-refractivity contribution is 8.13. The quantitative estimate of drug-likeness (QED) is 0.258. The first-order valence-electron chi connectivity index (χ1n) is 6.26. The number of ether oxygens (including phenoxy) is 1. The second kappa shape index (κ2) is 9.20. The van der Waals surface area contributed by atoms with Crippen molar-refractivity contribution in [2.75, 3.05) is 46.2 Å². The zero-order chi connectivity index (χ0) is 13.2. The van der Waals surface area contributed by atoms with Crippen molar-refractivity contribution in [1.29, 1.82) is 5.26 Å². The number of nitriles is 1. The van der Waals surface area contributed by atoms with Gasteiger partial charge in [-0.1, -0.05) is 11.8 Å². The average molecular weight is 270 g/mol. The third-order valence-electron chi connectivity index (χ3n) is 2.90. The molecule has 1 atom stereocenters. The summed E-state index contributed by atoms with van der Waals surface area (Å²) in [6.45, 7) is 4.73. The molecule has 0 bridgehead atoms. The number of aliphatic imine (C=N–C) groups is 1. The molecule has 0 aromatic rings. The Bertz CT molecular complexity index is 297. The van der Waals surface area contributed by atoms with Crippen molar-refractivity contribution in [3.8, 4) is 6.19 Å².